The van der Waals surface area contributed by atoms with E-state index >= 15 is 0 Å². The molecule has 0 spiro atoms. The highest BCUT2D eigenvalue weighted by Gasteiger charge is 2.28. The average molecular weight is 241 g/mol. The number of nitrogens with one attached hydrogen (secondary N) is 1. The molecule has 0 heterocycles. The minimum Gasteiger partial charge on any atom is -0.389 e. The van der Waals surface area contributed by atoms with Gasteiger partial charge in [-0.05, 0) is 32.1 Å². The number of hydrogen-bond acceptors (Lipinski definition) is 2. The molecule has 1 rings (SSSR count). The first-order valence-electron chi connectivity index (χ1n) is 7.48. The first kappa shape index (κ1) is 15.0. The van der Waals surface area contributed by atoms with Gasteiger partial charge in [-0.25, -0.2) is 0 Å². The molecule has 17 heavy (non-hydrogen) atoms. The minimum atomic E-state index is -0.412. The van der Waals surface area contributed by atoms with E-state index in [1.165, 1.54) is 38.5 Å². The lowest BCUT2D eigenvalue weighted by Crippen LogP contribution is -2.44. The molecule has 1 saturated carbocycles. The van der Waals surface area contributed by atoms with Crippen LogP contribution < -0.4 is 5.32 Å². The molecule has 0 radical (unpaired) electrons. The number of aliphatic hydroxyl groups is 1. The van der Waals surface area contributed by atoms with Crippen molar-refractivity contribution < 1.29 is 5.11 Å². The summed E-state index contributed by atoms with van der Waals surface area (Å²) in [7, 11) is 0. The molecule has 1 atom stereocenters. The van der Waals surface area contributed by atoms with Crippen molar-refractivity contribution in [1.82, 2.24) is 5.32 Å². The monoisotopic (exact) mass is 241 g/mol. The van der Waals surface area contributed by atoms with Crippen LogP contribution in [0, 0.1) is 5.92 Å². The van der Waals surface area contributed by atoms with Gasteiger partial charge >= 0.3 is 0 Å². The van der Waals surface area contributed by atoms with Crippen LogP contribution in [-0.2, 0) is 0 Å². The summed E-state index contributed by atoms with van der Waals surface area (Å²) in [5.41, 5.74) is -0.412. The highest BCUT2D eigenvalue weighted by atomic mass is 16.3. The highest BCUT2D eigenvalue weighted by molar-refractivity contribution is 4.85. The van der Waals surface area contributed by atoms with Crippen LogP contribution in [0.1, 0.15) is 72.1 Å². The summed E-state index contributed by atoms with van der Waals surface area (Å²) in [6.07, 6.45) is 9.50. The Kier molecular flexibility index (Phi) is 6.50. The number of rotatable bonds is 7. The average Bonchev–Trinajstić information content (AvgIpc) is 2.27. The van der Waals surface area contributed by atoms with E-state index in [2.05, 4.69) is 26.1 Å². The Morgan fingerprint density at radius 1 is 1.06 bits per heavy atom. The molecular formula is C15H31NO. The Bertz CT molecular complexity index is 197. The van der Waals surface area contributed by atoms with E-state index in [-0.39, 0.29) is 0 Å². The van der Waals surface area contributed by atoms with E-state index in [1.807, 2.05) is 0 Å². The summed E-state index contributed by atoms with van der Waals surface area (Å²) in [6.45, 7) is 7.59. The van der Waals surface area contributed by atoms with E-state index in [0.717, 1.165) is 25.3 Å². The van der Waals surface area contributed by atoms with Crippen LogP contribution in [0.2, 0.25) is 0 Å². The molecule has 0 amide bonds. The quantitative estimate of drug-likeness (QED) is 0.715. The van der Waals surface area contributed by atoms with E-state index in [4.69, 9.17) is 0 Å². The maximum Gasteiger partial charge on any atom is 0.0771 e. The minimum absolute atomic E-state index is 0.412. The fourth-order valence-electron chi connectivity index (χ4n) is 2.69. The summed E-state index contributed by atoms with van der Waals surface area (Å²) in [4.78, 5) is 0. The molecule has 2 heteroatoms. The van der Waals surface area contributed by atoms with Gasteiger partial charge in [-0.15, -0.1) is 0 Å². The van der Waals surface area contributed by atoms with Crippen molar-refractivity contribution in [3.8, 4) is 0 Å². The van der Waals surface area contributed by atoms with Gasteiger partial charge in [0.15, 0.2) is 0 Å². The maximum absolute atomic E-state index is 10.4. The Balaban J connectivity index is 2.11. The van der Waals surface area contributed by atoms with Crippen molar-refractivity contribution in [1.29, 1.82) is 0 Å². The zero-order valence-electron chi connectivity index (χ0n) is 12.0. The third-order valence-electron chi connectivity index (χ3n) is 3.98. The SMILES string of the molecule is CC(C)CCCC(C)NCC1(O)CCCCC1. The zero-order valence-corrected chi connectivity index (χ0v) is 12.0. The molecule has 2 N–H and O–H groups in total. The molecule has 102 valence electrons. The molecular weight excluding hydrogens is 210 g/mol. The lowest BCUT2D eigenvalue weighted by molar-refractivity contribution is 0.00280. The second-order valence-corrected chi connectivity index (χ2v) is 6.39. The second-order valence-electron chi connectivity index (χ2n) is 6.39. The van der Waals surface area contributed by atoms with Crippen LogP contribution in [0.15, 0.2) is 0 Å². The fraction of sp³-hybridized carbons (Fsp3) is 1.00. The van der Waals surface area contributed by atoms with Gasteiger partial charge in [0.2, 0.25) is 0 Å². The van der Waals surface area contributed by atoms with E-state index in [9.17, 15) is 5.11 Å². The summed E-state index contributed by atoms with van der Waals surface area (Å²) >= 11 is 0. The molecule has 0 bridgehead atoms. The Morgan fingerprint density at radius 3 is 2.29 bits per heavy atom. The largest absolute Gasteiger partial charge is 0.389 e. The third kappa shape index (κ3) is 6.42. The second kappa shape index (κ2) is 7.38. The van der Waals surface area contributed by atoms with Crippen molar-refractivity contribution in [3.05, 3.63) is 0 Å². The predicted molar refractivity (Wildman–Crippen MR) is 74.2 cm³/mol. The molecule has 0 saturated heterocycles. The smallest absolute Gasteiger partial charge is 0.0771 e. The van der Waals surface area contributed by atoms with Gasteiger partial charge in [-0.3, -0.25) is 0 Å². The zero-order chi connectivity index (χ0) is 12.7. The lowest BCUT2D eigenvalue weighted by atomic mass is 9.84. The predicted octanol–water partition coefficient (Wildman–Crippen LogP) is 3.49. The van der Waals surface area contributed by atoms with Gasteiger partial charge in [0.05, 0.1) is 5.60 Å². The van der Waals surface area contributed by atoms with Gasteiger partial charge in [0, 0.05) is 12.6 Å². The van der Waals surface area contributed by atoms with Gasteiger partial charge in [0.1, 0.15) is 0 Å². The van der Waals surface area contributed by atoms with Crippen LogP contribution in [0.4, 0.5) is 0 Å². The first-order chi connectivity index (χ1) is 8.02. The summed E-state index contributed by atoms with van der Waals surface area (Å²) in [5, 5.41) is 13.9. The standard InChI is InChI=1S/C15H31NO/c1-13(2)8-7-9-14(3)16-12-15(17)10-5-4-6-11-15/h13-14,16-17H,4-12H2,1-3H3. The Labute approximate surface area is 107 Å². The van der Waals surface area contributed by atoms with Crippen molar-refractivity contribution in [2.75, 3.05) is 6.54 Å². The summed E-state index contributed by atoms with van der Waals surface area (Å²) < 4.78 is 0. The van der Waals surface area contributed by atoms with Gasteiger partial charge in [0.25, 0.3) is 0 Å². The van der Waals surface area contributed by atoms with Crippen molar-refractivity contribution in [3.63, 3.8) is 0 Å². The van der Waals surface area contributed by atoms with Crippen molar-refractivity contribution >= 4 is 0 Å². The normalized spacial score (nSPS) is 21.7. The lowest BCUT2D eigenvalue weighted by Gasteiger charge is -2.33. The molecule has 0 aromatic heterocycles. The molecule has 1 fully saturated rings. The van der Waals surface area contributed by atoms with Gasteiger partial charge in [-0.2, -0.15) is 0 Å². The molecule has 2 nitrogen and oxygen atoms in total. The van der Waals surface area contributed by atoms with Crippen molar-refractivity contribution in [2.45, 2.75) is 83.8 Å². The highest BCUT2D eigenvalue weighted by Crippen LogP contribution is 2.27. The van der Waals surface area contributed by atoms with E-state index in [1.54, 1.807) is 0 Å². The maximum atomic E-state index is 10.4. The Morgan fingerprint density at radius 2 is 1.71 bits per heavy atom. The third-order valence-corrected chi connectivity index (χ3v) is 3.98. The van der Waals surface area contributed by atoms with Crippen LogP contribution >= 0.6 is 0 Å². The molecule has 1 aliphatic carbocycles. The van der Waals surface area contributed by atoms with Crippen LogP contribution in [0.3, 0.4) is 0 Å². The Hall–Kier alpha value is -0.0800. The van der Waals surface area contributed by atoms with Gasteiger partial charge < -0.3 is 10.4 Å². The fourth-order valence-corrected chi connectivity index (χ4v) is 2.69. The van der Waals surface area contributed by atoms with Gasteiger partial charge in [-0.1, -0.05) is 46.0 Å². The molecule has 1 unspecified atom stereocenters. The van der Waals surface area contributed by atoms with Crippen LogP contribution in [0.25, 0.3) is 0 Å². The van der Waals surface area contributed by atoms with Crippen LogP contribution in [-0.4, -0.2) is 23.3 Å². The summed E-state index contributed by atoms with van der Waals surface area (Å²) in [5.74, 6) is 0.810. The molecule has 0 aliphatic heterocycles. The van der Waals surface area contributed by atoms with E-state index < -0.39 is 5.60 Å². The topological polar surface area (TPSA) is 32.3 Å². The first-order valence-corrected chi connectivity index (χ1v) is 7.48. The van der Waals surface area contributed by atoms with E-state index in [0.29, 0.717) is 6.04 Å². The molecule has 1 aliphatic rings. The molecule has 0 aromatic carbocycles. The van der Waals surface area contributed by atoms with Crippen LogP contribution in [0.5, 0.6) is 0 Å². The molecule has 0 aromatic rings. The van der Waals surface area contributed by atoms with Crippen molar-refractivity contribution in [2.24, 2.45) is 5.92 Å². The number of hydrogen-bond donors (Lipinski definition) is 2. The summed E-state index contributed by atoms with van der Waals surface area (Å²) in [6, 6.07) is 0.541.